The maximum absolute atomic E-state index is 11.7. The molecule has 25 heavy (non-hydrogen) atoms. The van der Waals surface area contributed by atoms with Crippen molar-refractivity contribution in [3.05, 3.63) is 48.0 Å². The summed E-state index contributed by atoms with van der Waals surface area (Å²) in [6.45, 7) is 3.62. The van der Waals surface area contributed by atoms with E-state index in [2.05, 4.69) is 9.97 Å². The van der Waals surface area contributed by atoms with E-state index in [9.17, 15) is 15.0 Å². The molecule has 1 aliphatic carbocycles. The van der Waals surface area contributed by atoms with Gasteiger partial charge in [0, 0.05) is 29.7 Å². The molecule has 0 aliphatic heterocycles. The SMILES string of the molecule is C[C@H]1C[C@@H](c2ccncc2-c2cccnc2C(N)=O)C[C@@H](O)[C@]1(C)O. The van der Waals surface area contributed by atoms with E-state index >= 15 is 0 Å². The molecule has 0 spiro atoms. The number of nitrogens with zero attached hydrogens (tertiary/aromatic N) is 2. The third-order valence-corrected chi connectivity index (χ3v) is 5.44. The van der Waals surface area contributed by atoms with Crippen molar-refractivity contribution in [3.8, 4) is 11.1 Å². The molecule has 0 radical (unpaired) electrons. The highest BCUT2D eigenvalue weighted by molar-refractivity contribution is 5.98. The van der Waals surface area contributed by atoms with Crippen molar-refractivity contribution in [1.82, 2.24) is 9.97 Å². The van der Waals surface area contributed by atoms with Crippen molar-refractivity contribution in [2.24, 2.45) is 11.7 Å². The van der Waals surface area contributed by atoms with Gasteiger partial charge in [0.05, 0.1) is 11.7 Å². The topological polar surface area (TPSA) is 109 Å². The molecule has 2 heterocycles. The van der Waals surface area contributed by atoms with Gasteiger partial charge in [-0.1, -0.05) is 13.0 Å². The number of nitrogens with two attached hydrogens (primary N) is 1. The summed E-state index contributed by atoms with van der Waals surface area (Å²) in [5.41, 5.74) is 6.97. The molecule has 132 valence electrons. The van der Waals surface area contributed by atoms with E-state index in [4.69, 9.17) is 5.73 Å². The Morgan fingerprint density at radius 3 is 2.72 bits per heavy atom. The summed E-state index contributed by atoms with van der Waals surface area (Å²) < 4.78 is 0. The van der Waals surface area contributed by atoms with Crippen LogP contribution in [-0.4, -0.2) is 37.8 Å². The Morgan fingerprint density at radius 1 is 1.28 bits per heavy atom. The lowest BCUT2D eigenvalue weighted by atomic mass is 9.68. The highest BCUT2D eigenvalue weighted by atomic mass is 16.3. The summed E-state index contributed by atoms with van der Waals surface area (Å²) in [5.74, 6) is -0.610. The number of aliphatic hydroxyl groups is 2. The molecule has 3 rings (SSSR count). The van der Waals surface area contributed by atoms with Crippen LogP contribution in [-0.2, 0) is 0 Å². The van der Waals surface area contributed by atoms with E-state index in [1.807, 2.05) is 13.0 Å². The van der Waals surface area contributed by atoms with Gasteiger partial charge in [0.2, 0.25) is 0 Å². The van der Waals surface area contributed by atoms with E-state index in [-0.39, 0.29) is 17.5 Å². The van der Waals surface area contributed by atoms with E-state index in [0.29, 0.717) is 12.0 Å². The monoisotopic (exact) mass is 341 g/mol. The van der Waals surface area contributed by atoms with Crippen molar-refractivity contribution in [2.75, 3.05) is 0 Å². The van der Waals surface area contributed by atoms with Gasteiger partial charge in [0.25, 0.3) is 5.91 Å². The molecule has 1 aliphatic rings. The van der Waals surface area contributed by atoms with Crippen LogP contribution in [0.15, 0.2) is 36.8 Å². The van der Waals surface area contributed by atoms with Crippen LogP contribution in [0.25, 0.3) is 11.1 Å². The number of rotatable bonds is 3. The van der Waals surface area contributed by atoms with Gasteiger partial charge in [0.15, 0.2) is 0 Å². The van der Waals surface area contributed by atoms with Crippen LogP contribution in [0.5, 0.6) is 0 Å². The maximum Gasteiger partial charge on any atom is 0.267 e. The molecule has 4 N–H and O–H groups in total. The molecule has 2 aromatic rings. The number of primary amides is 1. The molecule has 4 atom stereocenters. The smallest absolute Gasteiger partial charge is 0.267 e. The summed E-state index contributed by atoms with van der Waals surface area (Å²) in [6.07, 6.45) is 5.29. The number of carbonyl (C=O) groups excluding carboxylic acids is 1. The molecule has 0 saturated heterocycles. The van der Waals surface area contributed by atoms with Crippen LogP contribution in [0.3, 0.4) is 0 Å². The first-order chi connectivity index (χ1) is 11.8. The number of aromatic nitrogens is 2. The van der Waals surface area contributed by atoms with Gasteiger partial charge < -0.3 is 15.9 Å². The first-order valence-corrected chi connectivity index (χ1v) is 8.42. The van der Waals surface area contributed by atoms with Gasteiger partial charge in [-0.15, -0.1) is 0 Å². The molecule has 1 saturated carbocycles. The fourth-order valence-corrected chi connectivity index (χ4v) is 3.66. The van der Waals surface area contributed by atoms with Crippen molar-refractivity contribution in [1.29, 1.82) is 0 Å². The summed E-state index contributed by atoms with van der Waals surface area (Å²) >= 11 is 0. The summed E-state index contributed by atoms with van der Waals surface area (Å²) in [5, 5.41) is 20.8. The predicted octanol–water partition coefficient (Wildman–Crippen LogP) is 1.87. The average Bonchev–Trinajstić information content (AvgIpc) is 2.59. The highest BCUT2D eigenvalue weighted by Gasteiger charge is 2.43. The molecule has 0 aromatic carbocycles. The first-order valence-electron chi connectivity index (χ1n) is 8.42. The van der Waals surface area contributed by atoms with Gasteiger partial charge in [0.1, 0.15) is 5.69 Å². The Morgan fingerprint density at radius 2 is 2.04 bits per heavy atom. The van der Waals surface area contributed by atoms with Crippen molar-refractivity contribution < 1.29 is 15.0 Å². The molecule has 6 nitrogen and oxygen atoms in total. The zero-order chi connectivity index (χ0) is 18.2. The van der Waals surface area contributed by atoms with Crippen LogP contribution >= 0.6 is 0 Å². The Bertz CT molecular complexity index is 777. The lowest BCUT2D eigenvalue weighted by Gasteiger charge is -2.43. The van der Waals surface area contributed by atoms with Crippen molar-refractivity contribution >= 4 is 5.91 Å². The van der Waals surface area contributed by atoms with E-state index in [1.165, 1.54) is 6.20 Å². The van der Waals surface area contributed by atoms with Gasteiger partial charge >= 0.3 is 0 Å². The first kappa shape index (κ1) is 17.5. The highest BCUT2D eigenvalue weighted by Crippen LogP contribution is 2.44. The second-order valence-corrected chi connectivity index (χ2v) is 7.04. The molecule has 0 unspecified atom stereocenters. The Balaban J connectivity index is 2.05. The minimum Gasteiger partial charge on any atom is -0.390 e. The van der Waals surface area contributed by atoms with Crippen LogP contribution < -0.4 is 5.73 Å². The number of hydrogen-bond acceptors (Lipinski definition) is 5. The largest absolute Gasteiger partial charge is 0.390 e. The second-order valence-electron chi connectivity index (χ2n) is 7.04. The summed E-state index contributed by atoms with van der Waals surface area (Å²) in [7, 11) is 0. The normalized spacial score (nSPS) is 29.4. The number of aliphatic hydroxyl groups excluding tert-OH is 1. The third kappa shape index (κ3) is 3.15. The van der Waals surface area contributed by atoms with Crippen LogP contribution in [0.2, 0.25) is 0 Å². The van der Waals surface area contributed by atoms with Crippen molar-refractivity contribution in [3.63, 3.8) is 0 Å². The Hall–Kier alpha value is -2.31. The number of amides is 1. The third-order valence-electron chi connectivity index (χ3n) is 5.44. The molecule has 6 heteroatoms. The molecular weight excluding hydrogens is 318 g/mol. The molecule has 1 amide bonds. The fraction of sp³-hybridized carbons (Fsp3) is 0.421. The molecule has 1 fully saturated rings. The second kappa shape index (κ2) is 6.54. The van der Waals surface area contributed by atoms with E-state index < -0.39 is 17.6 Å². The lowest BCUT2D eigenvalue weighted by Crippen LogP contribution is -2.49. The van der Waals surface area contributed by atoms with Gasteiger partial charge in [-0.05, 0) is 49.3 Å². The van der Waals surface area contributed by atoms with E-state index in [1.54, 1.807) is 31.5 Å². The lowest BCUT2D eigenvalue weighted by molar-refractivity contribution is -0.123. The van der Waals surface area contributed by atoms with Gasteiger partial charge in [-0.25, -0.2) is 0 Å². The Kier molecular flexibility index (Phi) is 4.58. The minimum atomic E-state index is -1.10. The summed E-state index contributed by atoms with van der Waals surface area (Å²) in [4.78, 5) is 20.0. The minimum absolute atomic E-state index is 0.0455. The maximum atomic E-state index is 11.7. The quantitative estimate of drug-likeness (QED) is 0.789. The number of pyridine rings is 2. The predicted molar refractivity (Wildman–Crippen MR) is 93.8 cm³/mol. The molecular formula is C19H23N3O3. The van der Waals surface area contributed by atoms with Gasteiger partial charge in [-0.3, -0.25) is 14.8 Å². The zero-order valence-corrected chi connectivity index (χ0v) is 14.4. The van der Waals surface area contributed by atoms with Crippen LogP contribution in [0.1, 0.15) is 48.7 Å². The Labute approximate surface area is 146 Å². The number of hydrogen-bond donors (Lipinski definition) is 3. The average molecular weight is 341 g/mol. The van der Waals surface area contributed by atoms with Gasteiger partial charge in [-0.2, -0.15) is 0 Å². The molecule has 0 bridgehead atoms. The van der Waals surface area contributed by atoms with Crippen LogP contribution in [0.4, 0.5) is 0 Å². The van der Waals surface area contributed by atoms with Crippen molar-refractivity contribution in [2.45, 2.75) is 44.3 Å². The zero-order valence-electron chi connectivity index (χ0n) is 14.4. The molecule has 2 aromatic heterocycles. The van der Waals surface area contributed by atoms with Crippen LogP contribution in [0, 0.1) is 5.92 Å². The fourth-order valence-electron chi connectivity index (χ4n) is 3.66. The number of carbonyl (C=O) groups is 1. The summed E-state index contributed by atoms with van der Waals surface area (Å²) in [6, 6.07) is 5.45. The standard InChI is InChI=1S/C19H23N3O3/c1-11-8-12(9-16(23)19(11,2)25)13-5-7-21-10-15(13)14-4-3-6-22-17(14)18(20)24/h3-7,10-12,16,23,25H,8-9H2,1-2H3,(H2,20,24)/t11-,12+,16+,19+/m0/s1. The van der Waals surface area contributed by atoms with E-state index in [0.717, 1.165) is 17.5 Å².